The molecule has 0 unspecified atom stereocenters. The minimum atomic E-state index is -0.377. The van der Waals surface area contributed by atoms with Crippen LogP contribution < -0.4 is 5.32 Å². The monoisotopic (exact) mass is 428 g/mol. The number of imidazole rings is 1. The topological polar surface area (TPSA) is 86.1 Å². The quantitative estimate of drug-likeness (QED) is 0.443. The Morgan fingerprint density at radius 2 is 1.75 bits per heavy atom. The Morgan fingerprint density at radius 1 is 1.00 bits per heavy atom. The van der Waals surface area contributed by atoms with Gasteiger partial charge in [-0.05, 0) is 61.0 Å². The lowest BCUT2D eigenvalue weighted by Crippen LogP contribution is -2.14. The Balaban J connectivity index is 1.44. The van der Waals surface area contributed by atoms with Gasteiger partial charge in [-0.15, -0.1) is 0 Å². The standard InChI is InChI=1S/C25H24N4O3/c1-3-22-28-21-6-5-15-26-24(21)29(22)20-13-7-17(8-14-20)16-23(30)27-19-11-9-18(10-12-19)25(31)32-4-2/h5-15H,3-4,16H2,1-2H3,(H,27,30). The van der Waals surface area contributed by atoms with Gasteiger partial charge in [-0.3, -0.25) is 9.36 Å². The maximum Gasteiger partial charge on any atom is 0.338 e. The van der Waals surface area contributed by atoms with E-state index in [0.29, 0.717) is 17.9 Å². The second kappa shape index (κ2) is 9.43. The van der Waals surface area contributed by atoms with Crippen LogP contribution in [0.4, 0.5) is 5.69 Å². The van der Waals surface area contributed by atoms with Gasteiger partial charge in [-0.25, -0.2) is 14.8 Å². The summed E-state index contributed by atoms with van der Waals surface area (Å²) in [6, 6.07) is 18.3. The molecule has 0 saturated heterocycles. The van der Waals surface area contributed by atoms with E-state index in [-0.39, 0.29) is 18.3 Å². The fraction of sp³-hybridized carbons (Fsp3) is 0.200. The van der Waals surface area contributed by atoms with Crippen LogP contribution in [0, 0.1) is 0 Å². The fourth-order valence-corrected chi connectivity index (χ4v) is 3.53. The summed E-state index contributed by atoms with van der Waals surface area (Å²) < 4.78 is 7.01. The molecule has 1 N–H and O–H groups in total. The average Bonchev–Trinajstić information content (AvgIpc) is 3.19. The van der Waals surface area contributed by atoms with Crippen molar-refractivity contribution >= 4 is 28.7 Å². The molecular formula is C25H24N4O3. The van der Waals surface area contributed by atoms with Gasteiger partial charge in [0.15, 0.2) is 5.65 Å². The van der Waals surface area contributed by atoms with E-state index in [1.165, 1.54) is 0 Å². The maximum atomic E-state index is 12.5. The normalized spacial score (nSPS) is 10.8. The lowest BCUT2D eigenvalue weighted by molar-refractivity contribution is -0.115. The molecule has 0 aliphatic carbocycles. The third-order valence-corrected chi connectivity index (χ3v) is 5.04. The molecule has 1 amide bonds. The summed E-state index contributed by atoms with van der Waals surface area (Å²) in [7, 11) is 0. The first-order chi connectivity index (χ1) is 15.6. The summed E-state index contributed by atoms with van der Waals surface area (Å²) in [4.78, 5) is 33.3. The number of aryl methyl sites for hydroxylation is 1. The highest BCUT2D eigenvalue weighted by Crippen LogP contribution is 2.21. The zero-order valence-corrected chi connectivity index (χ0v) is 18.0. The molecule has 0 radical (unpaired) electrons. The van der Waals surface area contributed by atoms with Crippen LogP contribution in [0.2, 0.25) is 0 Å². The SMILES string of the molecule is CCOC(=O)c1ccc(NC(=O)Cc2ccc(-n3c(CC)nc4cccnc43)cc2)cc1. The first-order valence-corrected chi connectivity index (χ1v) is 10.6. The minimum absolute atomic E-state index is 0.134. The van der Waals surface area contributed by atoms with Crippen molar-refractivity contribution < 1.29 is 14.3 Å². The molecule has 7 heteroatoms. The number of hydrogen-bond acceptors (Lipinski definition) is 5. The highest BCUT2D eigenvalue weighted by atomic mass is 16.5. The van der Waals surface area contributed by atoms with E-state index >= 15 is 0 Å². The van der Waals surface area contributed by atoms with Crippen molar-refractivity contribution in [1.82, 2.24) is 14.5 Å². The molecule has 7 nitrogen and oxygen atoms in total. The van der Waals surface area contributed by atoms with Crippen molar-refractivity contribution in [3.63, 3.8) is 0 Å². The van der Waals surface area contributed by atoms with Crippen LogP contribution in [0.15, 0.2) is 66.9 Å². The molecule has 0 aliphatic rings. The number of aromatic nitrogens is 3. The molecule has 0 aliphatic heterocycles. The van der Waals surface area contributed by atoms with E-state index in [0.717, 1.165) is 34.7 Å². The Bertz CT molecular complexity index is 1240. The summed E-state index contributed by atoms with van der Waals surface area (Å²) in [6.45, 7) is 4.15. The largest absolute Gasteiger partial charge is 0.462 e. The number of hydrogen-bond donors (Lipinski definition) is 1. The number of amides is 1. The third kappa shape index (κ3) is 4.51. The molecule has 162 valence electrons. The highest BCUT2D eigenvalue weighted by molar-refractivity contribution is 5.94. The number of carbonyl (C=O) groups is 2. The number of ether oxygens (including phenoxy) is 1. The predicted octanol–water partition coefficient (Wildman–Crippen LogP) is 4.34. The van der Waals surface area contributed by atoms with Crippen LogP contribution in [0.3, 0.4) is 0 Å². The summed E-state index contributed by atoms with van der Waals surface area (Å²) in [6.07, 6.45) is 2.79. The number of carbonyl (C=O) groups excluding carboxylic acids is 2. The van der Waals surface area contributed by atoms with Crippen molar-refractivity contribution in [3.05, 3.63) is 83.8 Å². The van der Waals surface area contributed by atoms with Crippen LogP contribution in [0.1, 0.15) is 35.6 Å². The minimum Gasteiger partial charge on any atom is -0.462 e. The first kappa shape index (κ1) is 21.2. The van der Waals surface area contributed by atoms with Crippen LogP contribution in [0.5, 0.6) is 0 Å². The lowest BCUT2D eigenvalue weighted by Gasteiger charge is -2.09. The van der Waals surface area contributed by atoms with Crippen LogP contribution in [-0.2, 0) is 22.4 Å². The number of fused-ring (bicyclic) bond motifs is 1. The first-order valence-electron chi connectivity index (χ1n) is 10.6. The molecule has 0 saturated carbocycles. The molecule has 0 atom stereocenters. The summed E-state index contributed by atoms with van der Waals surface area (Å²) in [5.74, 6) is 0.429. The zero-order chi connectivity index (χ0) is 22.5. The van der Waals surface area contributed by atoms with Crippen LogP contribution in [-0.4, -0.2) is 33.0 Å². The molecule has 2 heterocycles. The number of esters is 1. The molecular weight excluding hydrogens is 404 g/mol. The Morgan fingerprint density at radius 3 is 2.44 bits per heavy atom. The maximum absolute atomic E-state index is 12.5. The van der Waals surface area contributed by atoms with Crippen molar-refractivity contribution in [1.29, 1.82) is 0 Å². The zero-order valence-electron chi connectivity index (χ0n) is 18.0. The highest BCUT2D eigenvalue weighted by Gasteiger charge is 2.12. The molecule has 0 bridgehead atoms. The molecule has 4 aromatic rings. The van der Waals surface area contributed by atoms with Crippen molar-refractivity contribution in [2.24, 2.45) is 0 Å². The van der Waals surface area contributed by atoms with E-state index in [1.807, 2.05) is 41.0 Å². The van der Waals surface area contributed by atoms with Crippen molar-refractivity contribution in [2.45, 2.75) is 26.7 Å². The van der Waals surface area contributed by atoms with Gasteiger partial charge in [0.05, 0.1) is 18.6 Å². The Hall–Kier alpha value is -4.00. The molecule has 32 heavy (non-hydrogen) atoms. The van der Waals surface area contributed by atoms with E-state index in [1.54, 1.807) is 37.4 Å². The van der Waals surface area contributed by atoms with Gasteiger partial charge < -0.3 is 10.1 Å². The number of nitrogens with zero attached hydrogens (tertiary/aromatic N) is 3. The van der Waals surface area contributed by atoms with Crippen LogP contribution in [0.25, 0.3) is 16.9 Å². The average molecular weight is 428 g/mol. The molecule has 4 rings (SSSR count). The van der Waals surface area contributed by atoms with Crippen LogP contribution >= 0.6 is 0 Å². The molecule has 0 spiro atoms. The van der Waals surface area contributed by atoms with Crippen molar-refractivity contribution in [3.8, 4) is 5.69 Å². The van der Waals surface area contributed by atoms with Gasteiger partial charge in [0.2, 0.25) is 5.91 Å². The molecule has 0 fully saturated rings. The van der Waals surface area contributed by atoms with E-state index in [9.17, 15) is 9.59 Å². The fourth-order valence-electron chi connectivity index (χ4n) is 3.53. The van der Waals surface area contributed by atoms with Gasteiger partial charge in [0, 0.05) is 24.0 Å². The van der Waals surface area contributed by atoms with Gasteiger partial charge in [0.1, 0.15) is 11.3 Å². The Kier molecular flexibility index (Phi) is 6.26. The Labute approximate surface area is 186 Å². The van der Waals surface area contributed by atoms with E-state index in [4.69, 9.17) is 4.74 Å². The summed E-state index contributed by atoms with van der Waals surface area (Å²) in [5, 5.41) is 2.86. The second-order valence-corrected chi connectivity index (χ2v) is 7.25. The second-order valence-electron chi connectivity index (χ2n) is 7.25. The van der Waals surface area contributed by atoms with Gasteiger partial charge in [-0.1, -0.05) is 19.1 Å². The van der Waals surface area contributed by atoms with E-state index < -0.39 is 0 Å². The van der Waals surface area contributed by atoms with Gasteiger partial charge in [-0.2, -0.15) is 0 Å². The summed E-state index contributed by atoms with van der Waals surface area (Å²) >= 11 is 0. The molecule has 2 aromatic carbocycles. The number of rotatable bonds is 7. The third-order valence-electron chi connectivity index (χ3n) is 5.04. The number of benzene rings is 2. The summed E-state index contributed by atoms with van der Waals surface area (Å²) in [5.41, 5.74) is 4.62. The number of pyridine rings is 1. The number of nitrogens with one attached hydrogen (secondary N) is 1. The van der Waals surface area contributed by atoms with Gasteiger partial charge >= 0.3 is 5.97 Å². The molecule has 2 aromatic heterocycles. The predicted molar refractivity (Wildman–Crippen MR) is 123 cm³/mol. The van der Waals surface area contributed by atoms with Gasteiger partial charge in [0.25, 0.3) is 0 Å². The smallest absolute Gasteiger partial charge is 0.338 e. The number of anilines is 1. The van der Waals surface area contributed by atoms with Crippen molar-refractivity contribution in [2.75, 3.05) is 11.9 Å². The lowest BCUT2D eigenvalue weighted by atomic mass is 10.1. The van der Waals surface area contributed by atoms with E-state index in [2.05, 4.69) is 22.2 Å².